The van der Waals surface area contributed by atoms with Crippen LogP contribution in [0.5, 0.6) is 0 Å². The first-order valence-electron chi connectivity index (χ1n) is 12.8. The Labute approximate surface area is 207 Å². The number of carbonyl (C=O) groups is 1. The zero-order chi connectivity index (χ0) is 24.5. The lowest BCUT2D eigenvalue weighted by atomic mass is 9.85. The molecule has 3 heterocycles. The molecule has 0 spiro atoms. The first-order valence-corrected chi connectivity index (χ1v) is 14.0. The Morgan fingerprint density at radius 2 is 1.63 bits per heavy atom. The summed E-state index contributed by atoms with van der Waals surface area (Å²) in [5, 5.41) is 13.0. The van der Waals surface area contributed by atoms with Crippen molar-refractivity contribution in [2.24, 2.45) is 5.92 Å². The molecule has 2 aliphatic carbocycles. The van der Waals surface area contributed by atoms with Crippen molar-refractivity contribution in [3.8, 4) is 0 Å². The van der Waals surface area contributed by atoms with Crippen LogP contribution in [-0.2, 0) is 4.79 Å². The average Bonchev–Trinajstić information content (AvgIpc) is 2.86. The van der Waals surface area contributed by atoms with Crippen molar-refractivity contribution in [3.63, 3.8) is 0 Å². The Balaban J connectivity index is 1.37. The summed E-state index contributed by atoms with van der Waals surface area (Å²) in [6.07, 6.45) is 7.69. The molecule has 10 heteroatoms. The Morgan fingerprint density at radius 1 is 0.971 bits per heavy atom. The first-order chi connectivity index (χ1) is 16.9. The number of aliphatic hydroxyl groups excluding tert-OH is 1. The number of halogens is 1. The maximum atomic E-state index is 14.1. The topological polar surface area (TPSA) is 106 Å². The number of hydrogen-bond acceptors (Lipinski definition) is 6. The van der Waals surface area contributed by atoms with Crippen molar-refractivity contribution in [2.75, 3.05) is 11.5 Å². The number of rotatable bonds is 4. The van der Waals surface area contributed by atoms with Gasteiger partial charge in [0.15, 0.2) is 0 Å². The molecule has 1 saturated heterocycles. The van der Waals surface area contributed by atoms with Crippen molar-refractivity contribution in [2.45, 2.75) is 88.4 Å². The number of amides is 1. The van der Waals surface area contributed by atoms with Crippen LogP contribution in [0.3, 0.4) is 0 Å². The third-order valence-corrected chi connectivity index (χ3v) is 9.00. The molecule has 3 fully saturated rings. The summed E-state index contributed by atoms with van der Waals surface area (Å²) < 4.78 is 17.0. The van der Waals surface area contributed by atoms with Gasteiger partial charge in [-0.1, -0.05) is 0 Å². The molecule has 1 amide bonds. The van der Waals surface area contributed by atoms with Gasteiger partial charge in [-0.25, -0.2) is 14.2 Å². The monoisotopic (exact) mass is 504 g/mol. The number of aromatic nitrogens is 3. The second kappa shape index (κ2) is 10.4. The van der Waals surface area contributed by atoms with Crippen LogP contribution in [0.15, 0.2) is 21.9 Å². The molecule has 2 saturated carbocycles. The molecule has 2 aromatic heterocycles. The smallest absolute Gasteiger partial charge is 0.333 e. The van der Waals surface area contributed by atoms with Crippen LogP contribution in [0.2, 0.25) is 0 Å². The lowest BCUT2D eigenvalue weighted by Crippen LogP contribution is -2.47. The minimum atomic E-state index is -0.591. The first kappa shape index (κ1) is 24.5. The van der Waals surface area contributed by atoms with Gasteiger partial charge in [-0.3, -0.25) is 18.7 Å². The van der Waals surface area contributed by atoms with Gasteiger partial charge in [-0.15, -0.1) is 0 Å². The number of pyridine rings is 1. The Bertz CT molecular complexity index is 1190. The van der Waals surface area contributed by atoms with E-state index in [0.29, 0.717) is 51.4 Å². The van der Waals surface area contributed by atoms with Crippen LogP contribution in [0.25, 0.3) is 11.0 Å². The fraction of sp³-hybridized carbons (Fsp3) is 0.680. The Kier molecular flexibility index (Phi) is 7.29. The SMILES string of the molecule is O=c1c2cc(F)cnc2n(C2CCSCC2)c(=O)n1[C@H]1CC[C@@H](NC(=O)[C@H]2CC[C@@H](O)CC2)CC1. The van der Waals surface area contributed by atoms with Gasteiger partial charge in [-0.2, -0.15) is 11.8 Å². The molecule has 5 rings (SSSR count). The van der Waals surface area contributed by atoms with E-state index in [-0.39, 0.29) is 52.8 Å². The lowest BCUT2D eigenvalue weighted by molar-refractivity contribution is -0.127. The average molecular weight is 505 g/mol. The van der Waals surface area contributed by atoms with Crippen LogP contribution in [0.1, 0.15) is 76.3 Å². The van der Waals surface area contributed by atoms with Crippen LogP contribution in [-0.4, -0.2) is 48.8 Å². The summed E-state index contributed by atoms with van der Waals surface area (Å²) >= 11 is 1.85. The number of carbonyl (C=O) groups excluding carboxylic acids is 1. The van der Waals surface area contributed by atoms with E-state index in [0.717, 1.165) is 30.5 Å². The Hall–Kier alpha value is -2.20. The molecule has 0 atom stereocenters. The standard InChI is InChI=1S/C25H33FN4O4S/c26-16-13-21-22(27-14-16)29(19-9-11-35-12-10-19)25(34)30(24(21)33)18-5-3-17(4-6-18)28-23(32)15-1-7-20(31)8-2-15/h13-15,17-20,31H,1-12H2,(H,28,32)/t15-,17-,18+,20+. The molecule has 190 valence electrons. The van der Waals surface area contributed by atoms with Gasteiger partial charge in [0, 0.05) is 24.0 Å². The highest BCUT2D eigenvalue weighted by atomic mass is 32.2. The highest BCUT2D eigenvalue weighted by Gasteiger charge is 2.31. The predicted molar refractivity (Wildman–Crippen MR) is 133 cm³/mol. The van der Waals surface area contributed by atoms with Crippen LogP contribution >= 0.6 is 11.8 Å². The van der Waals surface area contributed by atoms with Gasteiger partial charge in [0.25, 0.3) is 5.56 Å². The second-order valence-electron chi connectivity index (χ2n) is 10.2. The number of nitrogens with one attached hydrogen (secondary N) is 1. The van der Waals surface area contributed by atoms with Crippen molar-refractivity contribution < 1.29 is 14.3 Å². The van der Waals surface area contributed by atoms with Crippen molar-refractivity contribution >= 4 is 28.7 Å². The third-order valence-electron chi connectivity index (χ3n) is 7.95. The van der Waals surface area contributed by atoms with E-state index in [1.807, 2.05) is 11.8 Å². The quantitative estimate of drug-likeness (QED) is 0.663. The van der Waals surface area contributed by atoms with E-state index in [4.69, 9.17) is 0 Å². The van der Waals surface area contributed by atoms with E-state index in [9.17, 15) is 23.9 Å². The van der Waals surface area contributed by atoms with Crippen molar-refractivity contribution in [1.82, 2.24) is 19.4 Å². The van der Waals surface area contributed by atoms with E-state index >= 15 is 0 Å². The summed E-state index contributed by atoms with van der Waals surface area (Å²) in [5.41, 5.74) is -0.563. The molecule has 2 aromatic rings. The molecular formula is C25H33FN4O4S. The minimum absolute atomic E-state index is 0.0125. The molecule has 0 unspecified atom stereocenters. The van der Waals surface area contributed by atoms with Gasteiger partial charge in [-0.05, 0) is 81.8 Å². The van der Waals surface area contributed by atoms with E-state index in [2.05, 4.69) is 10.3 Å². The molecule has 0 radical (unpaired) electrons. The molecule has 2 N–H and O–H groups in total. The largest absolute Gasteiger partial charge is 0.393 e. The summed E-state index contributed by atoms with van der Waals surface area (Å²) in [6.45, 7) is 0. The van der Waals surface area contributed by atoms with Crippen LogP contribution in [0.4, 0.5) is 4.39 Å². The number of aliphatic hydroxyl groups is 1. The second-order valence-corrected chi connectivity index (χ2v) is 11.4. The number of hydrogen-bond donors (Lipinski definition) is 2. The van der Waals surface area contributed by atoms with Crippen molar-refractivity contribution in [1.29, 1.82) is 0 Å². The molecule has 1 aliphatic heterocycles. The Morgan fingerprint density at radius 3 is 2.31 bits per heavy atom. The number of fused-ring (bicyclic) bond motifs is 1. The van der Waals surface area contributed by atoms with Gasteiger partial charge in [0.05, 0.1) is 17.7 Å². The highest BCUT2D eigenvalue weighted by Crippen LogP contribution is 2.31. The lowest BCUT2D eigenvalue weighted by Gasteiger charge is -2.33. The number of thioether (sulfide) groups is 1. The maximum Gasteiger partial charge on any atom is 0.333 e. The molecule has 0 bridgehead atoms. The zero-order valence-corrected chi connectivity index (χ0v) is 20.6. The van der Waals surface area contributed by atoms with Gasteiger partial charge >= 0.3 is 5.69 Å². The summed E-state index contributed by atoms with van der Waals surface area (Å²) in [5.74, 6) is 1.27. The summed E-state index contributed by atoms with van der Waals surface area (Å²) in [7, 11) is 0. The molecule has 3 aliphatic rings. The van der Waals surface area contributed by atoms with Gasteiger partial charge in [0.1, 0.15) is 11.5 Å². The summed E-state index contributed by atoms with van der Waals surface area (Å²) in [6, 6.07) is 0.866. The molecule has 35 heavy (non-hydrogen) atoms. The van der Waals surface area contributed by atoms with Crippen LogP contribution in [0, 0.1) is 11.7 Å². The van der Waals surface area contributed by atoms with Gasteiger partial charge < -0.3 is 10.4 Å². The highest BCUT2D eigenvalue weighted by molar-refractivity contribution is 7.99. The van der Waals surface area contributed by atoms with E-state index < -0.39 is 11.4 Å². The third kappa shape index (κ3) is 5.05. The van der Waals surface area contributed by atoms with Gasteiger partial charge in [0.2, 0.25) is 5.91 Å². The normalized spacial score (nSPS) is 28.2. The van der Waals surface area contributed by atoms with Crippen molar-refractivity contribution in [3.05, 3.63) is 38.9 Å². The molecule has 0 aromatic carbocycles. The zero-order valence-electron chi connectivity index (χ0n) is 19.8. The summed E-state index contributed by atoms with van der Waals surface area (Å²) in [4.78, 5) is 43.9. The minimum Gasteiger partial charge on any atom is -0.393 e. The van der Waals surface area contributed by atoms with Crippen LogP contribution < -0.4 is 16.6 Å². The molecular weight excluding hydrogens is 471 g/mol. The maximum absolute atomic E-state index is 14.1. The fourth-order valence-electron chi connectivity index (χ4n) is 5.93. The molecule has 8 nitrogen and oxygen atoms in total. The number of nitrogens with zero attached hydrogens (tertiary/aromatic N) is 3. The fourth-order valence-corrected chi connectivity index (χ4v) is 7.02. The van der Waals surface area contributed by atoms with E-state index in [1.54, 1.807) is 4.57 Å². The predicted octanol–water partition coefficient (Wildman–Crippen LogP) is 2.92. The van der Waals surface area contributed by atoms with E-state index in [1.165, 1.54) is 10.6 Å².